The van der Waals surface area contributed by atoms with Gasteiger partial charge in [-0.2, -0.15) is 0 Å². The monoisotopic (exact) mass is 875 g/mol. The van der Waals surface area contributed by atoms with Crippen LogP contribution in [0, 0.1) is 27.9 Å². The summed E-state index contributed by atoms with van der Waals surface area (Å²) in [6, 6.07) is 6.76. The molecule has 3 rings (SSSR count). The summed E-state index contributed by atoms with van der Waals surface area (Å²) < 4.78 is 16.4. The van der Waals surface area contributed by atoms with Gasteiger partial charge in [-0.15, -0.1) is 0 Å². The lowest BCUT2D eigenvalue weighted by atomic mass is 9.88. The van der Waals surface area contributed by atoms with Crippen LogP contribution in [0.4, 0.5) is 0 Å². The van der Waals surface area contributed by atoms with Gasteiger partial charge in [0.05, 0.1) is 44.4 Å². The molecule has 19 nitrogen and oxygen atoms in total. The number of aliphatic imine (C=N–C) groups is 1. The highest BCUT2D eigenvalue weighted by Crippen LogP contribution is 2.30. The molecule has 2 aliphatic heterocycles. The van der Waals surface area contributed by atoms with E-state index < -0.39 is 47.2 Å². The number of nitrogens with two attached hydrogens (primary N) is 2. The minimum Gasteiger partial charge on any atom is -0.461 e. The number of nitrogens with one attached hydrogen (secondary N) is 2. The fourth-order valence-corrected chi connectivity index (χ4v) is 8.01. The molecule has 19 heteroatoms. The molecule has 1 aromatic rings. The predicted octanol–water partition coefficient (Wildman–Crippen LogP) is 2.24. The number of benzene rings is 1. The summed E-state index contributed by atoms with van der Waals surface area (Å²) in [5.74, 6) is -3.82. The molecule has 0 saturated carbocycles. The van der Waals surface area contributed by atoms with Crippen molar-refractivity contribution in [1.82, 2.24) is 20.5 Å². The van der Waals surface area contributed by atoms with Crippen molar-refractivity contribution in [1.29, 1.82) is 0 Å². The molecular formula is C43H70N8O11. The zero-order valence-electron chi connectivity index (χ0n) is 36.8. The molecule has 5 unspecified atom stereocenters. The second-order valence-corrected chi connectivity index (χ2v) is 16.4. The predicted molar refractivity (Wildman–Crippen MR) is 230 cm³/mol. The molecule has 0 radical (unpaired) electrons. The topological polar surface area (TPSA) is 271 Å². The second-order valence-electron chi connectivity index (χ2n) is 16.4. The van der Waals surface area contributed by atoms with Crippen LogP contribution in [-0.4, -0.2) is 132 Å². The van der Waals surface area contributed by atoms with Gasteiger partial charge in [-0.25, -0.2) is 15.1 Å². The Hall–Kier alpha value is -4.56. The van der Waals surface area contributed by atoms with Crippen LogP contribution < -0.4 is 22.2 Å². The zero-order valence-corrected chi connectivity index (χ0v) is 36.8. The number of amides is 2. The van der Waals surface area contributed by atoms with Crippen molar-refractivity contribution in [3.63, 3.8) is 0 Å². The summed E-state index contributed by atoms with van der Waals surface area (Å²) >= 11 is 0. The van der Waals surface area contributed by atoms with Gasteiger partial charge in [0.1, 0.15) is 18.9 Å². The first-order valence-corrected chi connectivity index (χ1v) is 22.1. The van der Waals surface area contributed by atoms with Crippen molar-refractivity contribution in [2.75, 3.05) is 52.6 Å². The lowest BCUT2D eigenvalue weighted by Crippen LogP contribution is -2.53. The van der Waals surface area contributed by atoms with Crippen LogP contribution in [0.2, 0.25) is 0 Å². The van der Waals surface area contributed by atoms with Gasteiger partial charge in [-0.3, -0.25) is 29.3 Å². The molecule has 1 aromatic carbocycles. The van der Waals surface area contributed by atoms with Crippen molar-refractivity contribution in [2.24, 2.45) is 34.2 Å². The Balaban J connectivity index is 1.71. The van der Waals surface area contributed by atoms with E-state index in [0.717, 1.165) is 24.8 Å². The van der Waals surface area contributed by atoms with Crippen LogP contribution in [-0.2, 0) is 44.8 Å². The molecule has 2 fully saturated rings. The first-order chi connectivity index (χ1) is 29.8. The fraction of sp³-hybridized carbons (Fsp3) is 0.721. The third kappa shape index (κ3) is 17.7. The number of hydrogen-bond donors (Lipinski definition) is 5. The number of unbranched alkanes of at least 4 members (excludes halogenated alkanes) is 2. The number of carbonyl (C=O) groups excluding carboxylic acids is 5. The number of nitrogens with zero attached hydrogens (tertiary/aromatic N) is 4. The molecule has 0 bridgehead atoms. The van der Waals surface area contributed by atoms with Crippen molar-refractivity contribution in [2.45, 2.75) is 129 Å². The number of Topliss-reactive ketones (excluding diaryl/α,β-unsaturated/α-hetero) is 2. The third-order valence-electron chi connectivity index (χ3n) is 11.2. The van der Waals surface area contributed by atoms with E-state index in [1.54, 1.807) is 15.2 Å². The normalized spacial score (nSPS) is 18.6. The lowest BCUT2D eigenvalue weighted by Gasteiger charge is -2.33. The fourth-order valence-electron chi connectivity index (χ4n) is 8.01. The number of rotatable bonds is 30. The molecular weight excluding hydrogens is 805 g/mol. The van der Waals surface area contributed by atoms with Crippen LogP contribution in [0.1, 0.15) is 103 Å². The summed E-state index contributed by atoms with van der Waals surface area (Å²) in [5, 5.41) is 23.5. The Bertz CT molecular complexity index is 1600. The molecule has 2 amide bonds. The number of guanidine groups is 1. The molecule has 2 aliphatic rings. The third-order valence-corrected chi connectivity index (χ3v) is 11.2. The van der Waals surface area contributed by atoms with Gasteiger partial charge in [0.25, 0.3) is 5.96 Å². The second kappa shape index (κ2) is 28.2. The van der Waals surface area contributed by atoms with E-state index in [0.29, 0.717) is 65.0 Å². The maximum absolute atomic E-state index is 14.4. The van der Waals surface area contributed by atoms with E-state index in [1.165, 1.54) is 0 Å². The minimum absolute atomic E-state index is 0.00481. The van der Waals surface area contributed by atoms with Gasteiger partial charge in [0.2, 0.25) is 11.8 Å². The number of ketones is 2. The first kappa shape index (κ1) is 51.8. The average Bonchev–Trinajstić information content (AvgIpc) is 3.95. The maximum Gasteiger partial charge on any atom is 0.309 e. The highest BCUT2D eigenvalue weighted by molar-refractivity contribution is 5.96. The van der Waals surface area contributed by atoms with Gasteiger partial charge in [-0.1, -0.05) is 75.8 Å². The number of nitro groups is 1. The first-order valence-electron chi connectivity index (χ1n) is 22.1. The standard InChI is InChI=1S/C43H70N8O11/c1-4-5-7-15-32(26-37(53)39(30(2)3)47-38(54)29-61-25-24-60-23-19-44)40(55)50-22-12-18-35(50)41(56)49-21-11-17-34(49)36(52)27-33(16-10-20-46-43(45)48-51(58)59)42(57)62-28-31-13-8-6-9-14-31/h6,8-9,13-14,30,32-35,38-39,47,54H,4-5,7,10-12,15-29,44H2,1-3H3,(H3,45,46,48)/t32?,33?,34?,35?,38-,39?/m0/s1. The summed E-state index contributed by atoms with van der Waals surface area (Å²) in [4.78, 5) is 87.8. The van der Waals surface area contributed by atoms with E-state index in [1.807, 2.05) is 44.2 Å². The highest BCUT2D eigenvalue weighted by atomic mass is 16.7. The molecule has 62 heavy (non-hydrogen) atoms. The van der Waals surface area contributed by atoms with E-state index in [9.17, 15) is 39.2 Å². The number of aliphatic hydroxyl groups is 1. The molecule has 2 saturated heterocycles. The van der Waals surface area contributed by atoms with Crippen LogP contribution in [0.25, 0.3) is 0 Å². The number of hydrazine groups is 1. The molecule has 348 valence electrons. The van der Waals surface area contributed by atoms with Gasteiger partial charge in [-0.05, 0) is 56.4 Å². The minimum atomic E-state index is -1.12. The Kier molecular flexibility index (Phi) is 23.6. The van der Waals surface area contributed by atoms with E-state index in [4.69, 9.17) is 25.7 Å². The smallest absolute Gasteiger partial charge is 0.309 e. The molecule has 0 spiro atoms. The molecule has 6 atom stereocenters. The van der Waals surface area contributed by atoms with Crippen molar-refractivity contribution in [3.05, 3.63) is 46.0 Å². The van der Waals surface area contributed by atoms with Crippen LogP contribution >= 0.6 is 0 Å². The van der Waals surface area contributed by atoms with Crippen LogP contribution in [0.3, 0.4) is 0 Å². The number of aliphatic hydroxyl groups excluding tert-OH is 1. The maximum atomic E-state index is 14.4. The highest BCUT2D eigenvalue weighted by Gasteiger charge is 2.44. The number of esters is 1. The molecule has 0 aliphatic carbocycles. The molecule has 2 heterocycles. The van der Waals surface area contributed by atoms with Gasteiger partial charge in [0, 0.05) is 44.9 Å². The largest absolute Gasteiger partial charge is 0.461 e. The van der Waals surface area contributed by atoms with Gasteiger partial charge in [0.15, 0.2) is 16.6 Å². The number of ether oxygens (including phenoxy) is 3. The van der Waals surface area contributed by atoms with Crippen molar-refractivity contribution in [3.8, 4) is 0 Å². The van der Waals surface area contributed by atoms with Gasteiger partial charge >= 0.3 is 5.97 Å². The molecule has 0 aromatic heterocycles. The average molecular weight is 875 g/mol. The lowest BCUT2D eigenvalue weighted by molar-refractivity contribution is -0.525. The number of hydrogen-bond acceptors (Lipinski definition) is 14. The quantitative estimate of drug-likeness (QED) is 0.0141. The summed E-state index contributed by atoms with van der Waals surface area (Å²) in [7, 11) is 0. The summed E-state index contributed by atoms with van der Waals surface area (Å²) in [6.07, 6.45) is 4.03. The zero-order chi connectivity index (χ0) is 45.4. The molecule has 7 N–H and O–H groups in total. The van der Waals surface area contributed by atoms with Gasteiger partial charge < -0.3 is 40.6 Å². The Morgan fingerprint density at radius 2 is 1.61 bits per heavy atom. The Morgan fingerprint density at radius 1 is 0.935 bits per heavy atom. The summed E-state index contributed by atoms with van der Waals surface area (Å²) in [6.45, 7) is 7.82. The summed E-state index contributed by atoms with van der Waals surface area (Å²) in [5.41, 5.74) is 13.5. The van der Waals surface area contributed by atoms with E-state index in [2.05, 4.69) is 17.2 Å². The van der Waals surface area contributed by atoms with Crippen LogP contribution in [0.5, 0.6) is 0 Å². The number of likely N-dealkylation sites (tertiary alicyclic amines) is 2. The number of carbonyl (C=O) groups is 5. The Labute approximate surface area is 365 Å². The van der Waals surface area contributed by atoms with Crippen LogP contribution in [0.15, 0.2) is 35.3 Å². The van der Waals surface area contributed by atoms with E-state index >= 15 is 0 Å². The van der Waals surface area contributed by atoms with E-state index in [-0.39, 0.29) is 87.3 Å². The van der Waals surface area contributed by atoms with Crippen molar-refractivity contribution < 1.29 is 48.3 Å². The SMILES string of the molecule is CCCCCC(CC(=O)C(N[C@@H](O)COCCOCCN)C(C)C)C(=O)N1CCCC1C(=O)N1CCCC1C(=O)CC(CCCN=C(N)N[N+](=O)[O-])C(=O)OCc1ccccc1. The Morgan fingerprint density at radius 3 is 2.29 bits per heavy atom. The van der Waals surface area contributed by atoms with Crippen molar-refractivity contribution >= 4 is 35.3 Å².